The van der Waals surface area contributed by atoms with Gasteiger partial charge in [-0.1, -0.05) is 12.1 Å². The molecule has 3 nitrogen and oxygen atoms in total. The second-order valence-electron chi connectivity index (χ2n) is 3.93. The molecule has 0 aliphatic heterocycles. The quantitative estimate of drug-likeness (QED) is 0.707. The zero-order chi connectivity index (χ0) is 12.5. The van der Waals surface area contributed by atoms with E-state index < -0.39 is 0 Å². The number of hydrogen-bond donors (Lipinski definition) is 2. The molecule has 2 N–H and O–H groups in total. The number of carbonyl (C=O) groups is 1. The Hall–Kier alpha value is -1.42. The Labute approximate surface area is 101 Å². The minimum absolute atomic E-state index is 0.0716. The van der Waals surface area contributed by atoms with Crippen molar-refractivity contribution < 1.29 is 9.18 Å². The van der Waals surface area contributed by atoms with Crippen LogP contribution in [0, 0.1) is 5.82 Å². The first-order valence-electron chi connectivity index (χ1n) is 5.88. The predicted molar refractivity (Wildman–Crippen MR) is 66.3 cm³/mol. The van der Waals surface area contributed by atoms with Crippen LogP contribution in [0.15, 0.2) is 24.3 Å². The molecule has 0 unspecified atom stereocenters. The summed E-state index contributed by atoms with van der Waals surface area (Å²) < 4.78 is 12.6. The van der Waals surface area contributed by atoms with Crippen molar-refractivity contribution in [2.24, 2.45) is 0 Å². The van der Waals surface area contributed by atoms with E-state index in [0.29, 0.717) is 13.0 Å². The van der Waals surface area contributed by atoms with Crippen LogP contribution < -0.4 is 10.6 Å². The minimum atomic E-state index is -0.232. The van der Waals surface area contributed by atoms with E-state index in [1.54, 1.807) is 12.1 Å². The minimum Gasteiger partial charge on any atom is -0.356 e. The van der Waals surface area contributed by atoms with Gasteiger partial charge in [-0.25, -0.2) is 4.39 Å². The highest BCUT2D eigenvalue weighted by molar-refractivity contribution is 5.75. The molecule has 0 aliphatic carbocycles. The summed E-state index contributed by atoms with van der Waals surface area (Å²) in [6.45, 7) is 1.45. The highest BCUT2D eigenvalue weighted by Crippen LogP contribution is 2.02. The molecule has 0 fully saturated rings. The van der Waals surface area contributed by atoms with Crippen LogP contribution in [0.4, 0.5) is 4.39 Å². The van der Waals surface area contributed by atoms with Gasteiger partial charge >= 0.3 is 0 Å². The van der Waals surface area contributed by atoms with Crippen LogP contribution in [0.5, 0.6) is 0 Å². The molecule has 0 bridgehead atoms. The van der Waals surface area contributed by atoms with Gasteiger partial charge < -0.3 is 10.6 Å². The topological polar surface area (TPSA) is 41.1 Å². The molecule has 0 radical (unpaired) electrons. The van der Waals surface area contributed by atoms with Crippen LogP contribution in [0.1, 0.15) is 18.4 Å². The molecule has 0 heterocycles. The molecule has 17 heavy (non-hydrogen) atoms. The lowest BCUT2D eigenvalue weighted by Gasteiger charge is -2.05. The normalized spacial score (nSPS) is 10.2. The highest BCUT2D eigenvalue weighted by Gasteiger charge is 2.00. The number of carbonyl (C=O) groups excluding carboxylic acids is 1. The summed E-state index contributed by atoms with van der Waals surface area (Å²) >= 11 is 0. The molecule has 0 saturated carbocycles. The van der Waals surface area contributed by atoms with E-state index >= 15 is 0 Å². The Bertz CT molecular complexity index is 338. The molecule has 4 heteroatoms. The standard InChI is InChI=1S/C13H19FN2O/c1-15-9-2-3-13(17)16-10-8-11-4-6-12(14)7-5-11/h4-7,15H,2-3,8-10H2,1H3,(H,16,17). The molecule has 1 rings (SSSR count). The Morgan fingerprint density at radius 2 is 1.94 bits per heavy atom. The van der Waals surface area contributed by atoms with Crippen LogP contribution >= 0.6 is 0 Å². The zero-order valence-electron chi connectivity index (χ0n) is 10.1. The van der Waals surface area contributed by atoms with E-state index in [0.717, 1.165) is 24.9 Å². The van der Waals surface area contributed by atoms with Crippen molar-refractivity contribution in [1.29, 1.82) is 0 Å². The number of rotatable bonds is 7. The maximum Gasteiger partial charge on any atom is 0.220 e. The van der Waals surface area contributed by atoms with Gasteiger partial charge in [-0.05, 0) is 44.1 Å². The lowest BCUT2D eigenvalue weighted by molar-refractivity contribution is -0.121. The second-order valence-corrected chi connectivity index (χ2v) is 3.93. The van der Waals surface area contributed by atoms with Crippen LogP contribution in [0.25, 0.3) is 0 Å². The van der Waals surface area contributed by atoms with E-state index in [1.807, 2.05) is 7.05 Å². The molecule has 1 amide bonds. The van der Waals surface area contributed by atoms with E-state index in [9.17, 15) is 9.18 Å². The molecule has 0 aromatic heterocycles. The van der Waals surface area contributed by atoms with Gasteiger partial charge in [0.25, 0.3) is 0 Å². The van der Waals surface area contributed by atoms with Crippen molar-refractivity contribution in [2.45, 2.75) is 19.3 Å². The summed E-state index contributed by atoms with van der Waals surface area (Å²) in [5.41, 5.74) is 1.03. The van der Waals surface area contributed by atoms with Crippen molar-refractivity contribution >= 4 is 5.91 Å². The molecule has 0 atom stereocenters. The van der Waals surface area contributed by atoms with Crippen molar-refractivity contribution in [3.8, 4) is 0 Å². The van der Waals surface area contributed by atoms with Crippen molar-refractivity contribution in [3.05, 3.63) is 35.6 Å². The lowest BCUT2D eigenvalue weighted by Crippen LogP contribution is -2.26. The van der Waals surface area contributed by atoms with Crippen molar-refractivity contribution in [2.75, 3.05) is 20.1 Å². The Morgan fingerprint density at radius 3 is 2.59 bits per heavy atom. The first kappa shape index (κ1) is 13.6. The van der Waals surface area contributed by atoms with Gasteiger partial charge in [0.15, 0.2) is 0 Å². The van der Waals surface area contributed by atoms with Crippen LogP contribution in [0.2, 0.25) is 0 Å². The average molecular weight is 238 g/mol. The van der Waals surface area contributed by atoms with Gasteiger partial charge in [0, 0.05) is 13.0 Å². The maximum atomic E-state index is 12.6. The van der Waals surface area contributed by atoms with Gasteiger partial charge in [-0.3, -0.25) is 4.79 Å². The third-order valence-electron chi connectivity index (χ3n) is 2.48. The summed E-state index contributed by atoms with van der Waals surface area (Å²) in [6, 6.07) is 6.35. The zero-order valence-corrected chi connectivity index (χ0v) is 10.1. The van der Waals surface area contributed by atoms with E-state index in [-0.39, 0.29) is 11.7 Å². The predicted octanol–water partition coefficient (Wildman–Crippen LogP) is 1.48. The van der Waals surface area contributed by atoms with Crippen LogP contribution in [-0.2, 0) is 11.2 Å². The Kier molecular flexibility index (Phi) is 6.25. The van der Waals surface area contributed by atoms with Gasteiger partial charge in [0.1, 0.15) is 5.82 Å². The molecular formula is C13H19FN2O. The third kappa shape index (κ3) is 6.02. The number of benzene rings is 1. The molecule has 1 aromatic rings. The highest BCUT2D eigenvalue weighted by atomic mass is 19.1. The number of hydrogen-bond acceptors (Lipinski definition) is 2. The Balaban J connectivity index is 2.14. The summed E-state index contributed by atoms with van der Waals surface area (Å²) in [5, 5.41) is 5.84. The van der Waals surface area contributed by atoms with Crippen molar-refractivity contribution in [3.63, 3.8) is 0 Å². The summed E-state index contributed by atoms with van der Waals surface area (Å²) in [7, 11) is 1.87. The van der Waals surface area contributed by atoms with Crippen molar-refractivity contribution in [1.82, 2.24) is 10.6 Å². The molecule has 1 aromatic carbocycles. The monoisotopic (exact) mass is 238 g/mol. The SMILES string of the molecule is CNCCCC(=O)NCCc1ccc(F)cc1. The Morgan fingerprint density at radius 1 is 1.24 bits per heavy atom. The summed E-state index contributed by atoms with van der Waals surface area (Å²) in [5.74, 6) is -0.160. The largest absolute Gasteiger partial charge is 0.356 e. The van der Waals surface area contributed by atoms with Gasteiger partial charge in [-0.15, -0.1) is 0 Å². The average Bonchev–Trinajstić information content (AvgIpc) is 2.32. The van der Waals surface area contributed by atoms with Gasteiger partial charge in [-0.2, -0.15) is 0 Å². The van der Waals surface area contributed by atoms with E-state index in [2.05, 4.69) is 10.6 Å². The first-order chi connectivity index (χ1) is 8.22. The fourth-order valence-electron chi connectivity index (χ4n) is 1.51. The molecule has 0 saturated heterocycles. The smallest absolute Gasteiger partial charge is 0.220 e. The molecule has 0 aliphatic rings. The fourth-order valence-corrected chi connectivity index (χ4v) is 1.51. The van der Waals surface area contributed by atoms with Gasteiger partial charge in [0.05, 0.1) is 0 Å². The molecule has 94 valence electrons. The number of nitrogens with one attached hydrogen (secondary N) is 2. The van der Waals surface area contributed by atoms with Gasteiger partial charge in [0.2, 0.25) is 5.91 Å². The fraction of sp³-hybridized carbons (Fsp3) is 0.462. The summed E-state index contributed by atoms with van der Waals surface area (Å²) in [6.07, 6.45) is 2.13. The van der Waals surface area contributed by atoms with Crippen LogP contribution in [0.3, 0.4) is 0 Å². The number of amides is 1. The lowest BCUT2D eigenvalue weighted by atomic mass is 10.1. The van der Waals surface area contributed by atoms with E-state index in [4.69, 9.17) is 0 Å². The van der Waals surface area contributed by atoms with Crippen LogP contribution in [-0.4, -0.2) is 26.0 Å². The second kappa shape index (κ2) is 7.79. The summed E-state index contributed by atoms with van der Waals surface area (Å²) in [4.78, 5) is 11.4. The third-order valence-corrected chi connectivity index (χ3v) is 2.48. The molecule has 0 spiro atoms. The maximum absolute atomic E-state index is 12.6. The van der Waals surface area contributed by atoms with E-state index in [1.165, 1.54) is 12.1 Å². The first-order valence-corrected chi connectivity index (χ1v) is 5.88. The number of halogens is 1. The molecular weight excluding hydrogens is 219 g/mol.